The fourth-order valence-corrected chi connectivity index (χ4v) is 3.23. The highest BCUT2D eigenvalue weighted by Gasteiger charge is 2.50. The first-order valence-electron chi connectivity index (χ1n) is 7.21. The van der Waals surface area contributed by atoms with Crippen molar-refractivity contribution in [3.63, 3.8) is 0 Å². The van der Waals surface area contributed by atoms with Crippen molar-refractivity contribution < 1.29 is 14.3 Å². The Balaban J connectivity index is 1.97. The van der Waals surface area contributed by atoms with Gasteiger partial charge >= 0.3 is 5.97 Å². The minimum atomic E-state index is -0.0732. The molecule has 0 aromatic carbocycles. The number of carbonyl (C=O) groups is 1. The number of esters is 1. The Hall–Kier alpha value is -0.650. The van der Waals surface area contributed by atoms with Gasteiger partial charge in [-0.1, -0.05) is 0 Å². The first kappa shape index (κ1) is 14.8. The molecule has 1 heterocycles. The molecule has 2 aliphatic rings. The molecular formula is C14H26N2O3. The molecule has 1 saturated carbocycles. The van der Waals surface area contributed by atoms with Crippen molar-refractivity contribution in [1.29, 1.82) is 0 Å². The molecule has 2 fully saturated rings. The monoisotopic (exact) mass is 270 g/mol. The zero-order valence-electron chi connectivity index (χ0n) is 12.4. The van der Waals surface area contributed by atoms with Crippen LogP contribution in [0.2, 0.25) is 0 Å². The first-order chi connectivity index (χ1) is 9.09. The third kappa shape index (κ3) is 3.27. The van der Waals surface area contributed by atoms with Crippen molar-refractivity contribution in [3.8, 4) is 0 Å². The summed E-state index contributed by atoms with van der Waals surface area (Å²) in [5, 5.41) is 0. The van der Waals surface area contributed by atoms with Gasteiger partial charge in [0, 0.05) is 38.8 Å². The first-order valence-corrected chi connectivity index (χ1v) is 7.21. The second kappa shape index (κ2) is 6.20. The molecule has 0 amide bonds. The van der Waals surface area contributed by atoms with Crippen LogP contribution in [-0.2, 0) is 14.3 Å². The summed E-state index contributed by atoms with van der Waals surface area (Å²) in [6.07, 6.45) is 2.71. The molecule has 5 nitrogen and oxygen atoms in total. The molecule has 0 radical (unpaired) electrons. The lowest BCUT2D eigenvalue weighted by atomic mass is 9.70. The van der Waals surface area contributed by atoms with E-state index in [2.05, 4.69) is 16.8 Å². The fourth-order valence-electron chi connectivity index (χ4n) is 3.23. The van der Waals surface area contributed by atoms with E-state index in [1.165, 1.54) is 0 Å². The van der Waals surface area contributed by atoms with Crippen LogP contribution in [0.4, 0.5) is 0 Å². The van der Waals surface area contributed by atoms with Gasteiger partial charge in [0.2, 0.25) is 0 Å². The summed E-state index contributed by atoms with van der Waals surface area (Å²) in [5.74, 6) is -0.0732. The molecule has 0 spiro atoms. The fraction of sp³-hybridized carbons (Fsp3) is 0.929. The van der Waals surface area contributed by atoms with Crippen molar-refractivity contribution in [2.75, 3.05) is 46.9 Å². The van der Waals surface area contributed by atoms with Gasteiger partial charge in [0.25, 0.3) is 0 Å². The molecular weight excluding hydrogens is 244 g/mol. The summed E-state index contributed by atoms with van der Waals surface area (Å²) >= 11 is 0. The van der Waals surface area contributed by atoms with Crippen molar-refractivity contribution in [2.24, 2.45) is 0 Å². The maximum atomic E-state index is 11.9. The third-order valence-corrected chi connectivity index (χ3v) is 4.50. The zero-order valence-corrected chi connectivity index (χ0v) is 12.4. The van der Waals surface area contributed by atoms with E-state index in [4.69, 9.17) is 9.47 Å². The van der Waals surface area contributed by atoms with Crippen LogP contribution in [0.25, 0.3) is 0 Å². The number of likely N-dealkylation sites (N-methyl/N-ethyl adjacent to an activating group) is 1. The van der Waals surface area contributed by atoms with Crippen LogP contribution in [-0.4, -0.2) is 74.4 Å². The van der Waals surface area contributed by atoms with E-state index < -0.39 is 0 Å². The predicted octanol–water partition coefficient (Wildman–Crippen LogP) is 0.735. The van der Waals surface area contributed by atoms with Crippen LogP contribution in [0, 0.1) is 0 Å². The quantitative estimate of drug-likeness (QED) is 0.689. The Kier molecular flexibility index (Phi) is 4.81. The molecule has 1 aliphatic carbocycles. The van der Waals surface area contributed by atoms with Gasteiger partial charge in [-0.25, -0.2) is 0 Å². The van der Waals surface area contributed by atoms with Gasteiger partial charge in [-0.2, -0.15) is 0 Å². The van der Waals surface area contributed by atoms with Crippen LogP contribution < -0.4 is 0 Å². The highest BCUT2D eigenvalue weighted by atomic mass is 16.5. The minimum absolute atomic E-state index is 0.0197. The minimum Gasteiger partial charge on any atom is -0.466 e. The van der Waals surface area contributed by atoms with E-state index in [9.17, 15) is 4.79 Å². The lowest BCUT2D eigenvalue weighted by Gasteiger charge is -2.55. The maximum absolute atomic E-state index is 11.9. The Bertz CT molecular complexity index is 308. The number of methoxy groups -OCH3 is 1. The van der Waals surface area contributed by atoms with Crippen molar-refractivity contribution >= 4 is 5.97 Å². The normalized spacial score (nSPS) is 32.9. The van der Waals surface area contributed by atoms with E-state index in [1.54, 1.807) is 7.11 Å². The Morgan fingerprint density at radius 1 is 1.26 bits per heavy atom. The van der Waals surface area contributed by atoms with Crippen LogP contribution >= 0.6 is 0 Å². The molecule has 19 heavy (non-hydrogen) atoms. The van der Waals surface area contributed by atoms with Crippen molar-refractivity contribution in [3.05, 3.63) is 0 Å². The molecule has 5 heteroatoms. The summed E-state index contributed by atoms with van der Waals surface area (Å²) in [5.41, 5.74) is -0.0197. The summed E-state index contributed by atoms with van der Waals surface area (Å²) in [4.78, 5) is 16.7. The molecule has 0 N–H and O–H groups in total. The summed E-state index contributed by atoms with van der Waals surface area (Å²) in [6.45, 7) is 6.54. The van der Waals surface area contributed by atoms with E-state index in [1.807, 2.05) is 6.92 Å². The number of ether oxygens (including phenoxy) is 2. The Morgan fingerprint density at radius 2 is 1.89 bits per heavy atom. The molecule has 0 unspecified atom stereocenters. The molecule has 0 aromatic rings. The number of hydrogen-bond acceptors (Lipinski definition) is 5. The number of piperazine rings is 1. The van der Waals surface area contributed by atoms with Crippen LogP contribution in [0.15, 0.2) is 0 Å². The van der Waals surface area contributed by atoms with Crippen molar-refractivity contribution in [1.82, 2.24) is 9.80 Å². The standard InChI is InChI=1S/C14H26N2O3/c1-4-19-13(17)11-14(9-12(10-14)18-3)16-7-5-15(2)6-8-16/h12H,4-11H2,1-3H3. The highest BCUT2D eigenvalue weighted by molar-refractivity contribution is 5.71. The number of rotatable bonds is 5. The SMILES string of the molecule is CCOC(=O)CC1(N2CCN(C)CC2)CC(OC)C1. The second-order valence-electron chi connectivity index (χ2n) is 5.76. The topological polar surface area (TPSA) is 42.0 Å². The van der Waals surface area contributed by atoms with Gasteiger partial charge in [-0.05, 0) is 26.8 Å². The van der Waals surface area contributed by atoms with Crippen LogP contribution in [0.1, 0.15) is 26.2 Å². The third-order valence-electron chi connectivity index (χ3n) is 4.50. The molecule has 110 valence electrons. The van der Waals surface area contributed by atoms with Gasteiger partial charge in [0.05, 0.1) is 19.1 Å². The Morgan fingerprint density at radius 3 is 2.42 bits per heavy atom. The van der Waals surface area contributed by atoms with E-state index in [0.717, 1.165) is 39.0 Å². The summed E-state index contributed by atoms with van der Waals surface area (Å²) < 4.78 is 10.5. The van der Waals surface area contributed by atoms with E-state index in [-0.39, 0.29) is 11.5 Å². The van der Waals surface area contributed by atoms with Crippen LogP contribution in [0.3, 0.4) is 0 Å². The van der Waals surface area contributed by atoms with Gasteiger partial charge in [-0.15, -0.1) is 0 Å². The lowest BCUT2D eigenvalue weighted by Crippen LogP contribution is -2.64. The van der Waals surface area contributed by atoms with Gasteiger partial charge in [0.15, 0.2) is 0 Å². The molecule has 1 saturated heterocycles. The Labute approximate surface area is 115 Å². The summed E-state index contributed by atoms with van der Waals surface area (Å²) in [7, 11) is 3.90. The van der Waals surface area contributed by atoms with Crippen molar-refractivity contribution in [2.45, 2.75) is 37.8 Å². The molecule has 2 rings (SSSR count). The number of hydrogen-bond donors (Lipinski definition) is 0. The van der Waals surface area contributed by atoms with Gasteiger partial charge in [0.1, 0.15) is 0 Å². The largest absolute Gasteiger partial charge is 0.466 e. The second-order valence-corrected chi connectivity index (χ2v) is 5.76. The van der Waals surface area contributed by atoms with Crippen LogP contribution in [0.5, 0.6) is 0 Å². The highest BCUT2D eigenvalue weighted by Crippen LogP contribution is 2.42. The molecule has 0 aromatic heterocycles. The molecule has 0 atom stereocenters. The average Bonchev–Trinajstić information content (AvgIpc) is 2.34. The number of nitrogens with zero attached hydrogens (tertiary/aromatic N) is 2. The zero-order chi connectivity index (χ0) is 13.9. The van der Waals surface area contributed by atoms with Gasteiger partial charge < -0.3 is 14.4 Å². The lowest BCUT2D eigenvalue weighted by molar-refractivity contribution is -0.156. The predicted molar refractivity (Wildman–Crippen MR) is 73.1 cm³/mol. The number of carbonyl (C=O) groups excluding carboxylic acids is 1. The smallest absolute Gasteiger partial charge is 0.307 e. The molecule has 1 aliphatic heterocycles. The maximum Gasteiger partial charge on any atom is 0.307 e. The van der Waals surface area contributed by atoms with Gasteiger partial charge in [-0.3, -0.25) is 9.69 Å². The van der Waals surface area contributed by atoms with E-state index >= 15 is 0 Å². The molecule has 0 bridgehead atoms. The summed E-state index contributed by atoms with van der Waals surface area (Å²) in [6, 6.07) is 0. The average molecular weight is 270 g/mol. The van der Waals surface area contributed by atoms with E-state index in [0.29, 0.717) is 19.1 Å².